The van der Waals surface area contributed by atoms with E-state index < -0.39 is 0 Å². The summed E-state index contributed by atoms with van der Waals surface area (Å²) in [6.07, 6.45) is 6.01. The number of aryl methyl sites for hydroxylation is 4. The van der Waals surface area contributed by atoms with Crippen molar-refractivity contribution in [3.8, 4) is 0 Å². The number of nitrogens with zero attached hydrogens (tertiary/aromatic N) is 2. The minimum Gasteiger partial charge on any atom is -0.255 e. The molecule has 0 spiro atoms. The summed E-state index contributed by atoms with van der Waals surface area (Å²) in [5.41, 5.74) is 8.32. The summed E-state index contributed by atoms with van der Waals surface area (Å²) < 4.78 is 0. The van der Waals surface area contributed by atoms with Crippen molar-refractivity contribution in [2.45, 2.75) is 60.3 Å². The molecule has 0 fully saturated rings. The molecule has 0 aliphatic rings. The first kappa shape index (κ1) is 22.5. The Morgan fingerprint density at radius 1 is 0.692 bits per heavy atom. The summed E-state index contributed by atoms with van der Waals surface area (Å²) in [6.45, 7) is 10.7. The average Bonchev–Trinajstić information content (AvgIpc) is 2.65. The fraction of sp³-hybridized carbons (Fsp3) is 0.391. The molecule has 0 N–H and O–H groups in total. The maximum Gasteiger partial charge on any atom is 0.0638 e. The summed E-state index contributed by atoms with van der Waals surface area (Å²) in [5, 5.41) is 0. The molecule has 0 aliphatic heterocycles. The molecule has 2 rings (SSSR count). The van der Waals surface area contributed by atoms with Gasteiger partial charge in [0.1, 0.15) is 0 Å². The number of aliphatic imine (C=N–C) groups is 2. The molecule has 2 nitrogen and oxygen atoms in total. The molecular formula is C23H30N2Pd. The van der Waals surface area contributed by atoms with Gasteiger partial charge in [-0.15, -0.1) is 0 Å². The van der Waals surface area contributed by atoms with Crippen LogP contribution in [0.1, 0.15) is 56.9 Å². The normalized spacial score (nSPS) is 11.7. The Labute approximate surface area is 172 Å². The Morgan fingerprint density at radius 2 is 1.08 bits per heavy atom. The summed E-state index contributed by atoms with van der Waals surface area (Å²) in [7, 11) is 0. The van der Waals surface area contributed by atoms with Gasteiger partial charge in [-0.2, -0.15) is 0 Å². The fourth-order valence-electron chi connectivity index (χ4n) is 2.84. The van der Waals surface area contributed by atoms with Crippen LogP contribution in [0.2, 0.25) is 0 Å². The molecular weight excluding hydrogens is 411 g/mol. The van der Waals surface area contributed by atoms with Gasteiger partial charge in [0.05, 0.1) is 17.1 Å². The summed E-state index contributed by atoms with van der Waals surface area (Å²) in [6, 6.07) is 13.2. The Balaban J connectivity index is 0.00000338. The van der Waals surface area contributed by atoms with E-state index in [4.69, 9.17) is 4.99 Å². The molecule has 0 saturated heterocycles. The monoisotopic (exact) mass is 440 g/mol. The molecule has 0 aliphatic carbocycles. The molecule has 0 aromatic heterocycles. The first-order valence-corrected chi connectivity index (χ1v) is 9.42. The third kappa shape index (κ3) is 6.63. The van der Waals surface area contributed by atoms with Crippen molar-refractivity contribution in [2.75, 3.05) is 0 Å². The van der Waals surface area contributed by atoms with Crippen LogP contribution in [0.25, 0.3) is 0 Å². The zero-order valence-corrected chi connectivity index (χ0v) is 18.1. The number of benzene rings is 2. The van der Waals surface area contributed by atoms with Crippen LogP contribution >= 0.6 is 0 Å². The zero-order chi connectivity index (χ0) is 18.2. The zero-order valence-electron chi connectivity index (χ0n) is 16.6. The van der Waals surface area contributed by atoms with Crippen molar-refractivity contribution in [1.29, 1.82) is 0 Å². The van der Waals surface area contributed by atoms with Crippen LogP contribution in [0.5, 0.6) is 0 Å². The van der Waals surface area contributed by atoms with Gasteiger partial charge in [0, 0.05) is 26.6 Å². The maximum absolute atomic E-state index is 4.74. The molecule has 2 aromatic rings. The first-order valence-electron chi connectivity index (χ1n) is 9.42. The van der Waals surface area contributed by atoms with Crippen molar-refractivity contribution in [2.24, 2.45) is 9.98 Å². The average molecular weight is 441 g/mol. The van der Waals surface area contributed by atoms with Crippen molar-refractivity contribution in [3.05, 3.63) is 58.7 Å². The Morgan fingerprint density at radius 3 is 1.46 bits per heavy atom. The molecule has 0 heterocycles. The van der Waals surface area contributed by atoms with Crippen molar-refractivity contribution in [3.63, 3.8) is 0 Å². The van der Waals surface area contributed by atoms with Gasteiger partial charge < -0.3 is 0 Å². The second-order valence-electron chi connectivity index (χ2n) is 6.44. The van der Waals surface area contributed by atoms with Gasteiger partial charge in [0.15, 0.2) is 0 Å². The summed E-state index contributed by atoms with van der Waals surface area (Å²) >= 11 is 0. The third-order valence-corrected chi connectivity index (χ3v) is 4.41. The van der Waals surface area contributed by atoms with E-state index in [2.05, 4.69) is 69.1 Å². The van der Waals surface area contributed by atoms with Crippen LogP contribution in [0, 0.1) is 0 Å². The van der Waals surface area contributed by atoms with Crippen LogP contribution in [0.4, 0.5) is 11.4 Å². The quantitative estimate of drug-likeness (QED) is 0.350. The van der Waals surface area contributed by atoms with Gasteiger partial charge in [-0.05, 0) is 79.1 Å². The predicted molar refractivity (Wildman–Crippen MR) is 111 cm³/mol. The van der Waals surface area contributed by atoms with Gasteiger partial charge in [-0.1, -0.05) is 39.8 Å². The van der Waals surface area contributed by atoms with E-state index in [0.717, 1.165) is 42.8 Å². The van der Waals surface area contributed by atoms with Gasteiger partial charge in [0.25, 0.3) is 0 Å². The molecule has 142 valence electrons. The summed E-state index contributed by atoms with van der Waals surface area (Å²) in [4.78, 5) is 9.39. The number of hydrogen-bond acceptors (Lipinski definition) is 2. The molecule has 0 amide bonds. The molecule has 0 unspecified atom stereocenters. The topological polar surface area (TPSA) is 24.7 Å². The van der Waals surface area contributed by atoms with Crippen LogP contribution in [0.15, 0.2) is 46.4 Å². The summed E-state index contributed by atoms with van der Waals surface area (Å²) in [5.74, 6) is 0. The smallest absolute Gasteiger partial charge is 0.0638 e. The van der Waals surface area contributed by atoms with Crippen LogP contribution < -0.4 is 0 Å². The van der Waals surface area contributed by atoms with E-state index in [1.54, 1.807) is 0 Å². The molecule has 26 heavy (non-hydrogen) atoms. The molecule has 0 atom stereocenters. The van der Waals surface area contributed by atoms with E-state index in [-0.39, 0.29) is 20.4 Å². The second-order valence-corrected chi connectivity index (χ2v) is 6.44. The van der Waals surface area contributed by atoms with Crippen molar-refractivity contribution < 1.29 is 20.4 Å². The van der Waals surface area contributed by atoms with Gasteiger partial charge >= 0.3 is 0 Å². The van der Waals surface area contributed by atoms with E-state index >= 15 is 0 Å². The van der Waals surface area contributed by atoms with E-state index in [1.165, 1.54) is 22.3 Å². The fourth-order valence-corrected chi connectivity index (χ4v) is 2.84. The Kier molecular flexibility index (Phi) is 9.70. The van der Waals surface area contributed by atoms with E-state index in [0.29, 0.717) is 0 Å². The minimum atomic E-state index is 0. The standard InChI is InChI=1S/C23H30N2.Pd/c1-6-18-10-19(7-2)13-22(12-18)24-16-17(5)25-23-14-20(8-3)11-21(9-4)15-23;/h10-16H,6-9H2,1-5H3;. The number of hydrogen-bond donors (Lipinski definition) is 0. The van der Waals surface area contributed by atoms with Crippen molar-refractivity contribution >= 4 is 23.3 Å². The maximum atomic E-state index is 4.74. The largest absolute Gasteiger partial charge is 0.255 e. The van der Waals surface area contributed by atoms with E-state index in [9.17, 15) is 0 Å². The first-order chi connectivity index (χ1) is 12.1. The molecule has 3 heteroatoms. The van der Waals surface area contributed by atoms with Gasteiger partial charge in [-0.25, -0.2) is 0 Å². The van der Waals surface area contributed by atoms with Gasteiger partial charge in [0.2, 0.25) is 0 Å². The van der Waals surface area contributed by atoms with Crippen LogP contribution in [-0.4, -0.2) is 11.9 Å². The predicted octanol–water partition coefficient (Wildman–Crippen LogP) is 6.43. The number of rotatable bonds is 7. The second kappa shape index (κ2) is 11.2. The molecule has 0 radical (unpaired) electrons. The molecule has 2 aromatic carbocycles. The van der Waals surface area contributed by atoms with Crippen LogP contribution in [-0.2, 0) is 46.1 Å². The Hall–Kier alpha value is -1.56. The SMILES string of the molecule is CCc1cc(CC)cc(N=CC(C)=Nc2cc(CC)cc(CC)c2)c1.[Pd]. The molecule has 0 bridgehead atoms. The minimum absolute atomic E-state index is 0. The Bertz CT molecular complexity index is 731. The van der Waals surface area contributed by atoms with Crippen molar-refractivity contribution in [1.82, 2.24) is 0 Å². The van der Waals surface area contributed by atoms with Crippen LogP contribution in [0.3, 0.4) is 0 Å². The third-order valence-electron chi connectivity index (χ3n) is 4.41. The molecule has 0 saturated carbocycles. The van der Waals surface area contributed by atoms with Gasteiger partial charge in [-0.3, -0.25) is 9.98 Å². The van der Waals surface area contributed by atoms with E-state index in [1.807, 2.05) is 13.1 Å².